The minimum atomic E-state index is 0.282. The molecule has 2 N–H and O–H groups in total. The number of nitrogen functional groups attached to an aromatic ring is 1. The molecule has 6 heteroatoms. The number of pyridine rings is 1. The summed E-state index contributed by atoms with van der Waals surface area (Å²) in [5.41, 5.74) is 7.74. The smallest absolute Gasteiger partial charge is 0.236 e. The molecule has 1 aromatic rings. The van der Waals surface area contributed by atoms with E-state index in [0.29, 0.717) is 6.54 Å². The predicted molar refractivity (Wildman–Crippen MR) is 83.1 cm³/mol. The summed E-state index contributed by atoms with van der Waals surface area (Å²) < 4.78 is 0. The third kappa shape index (κ3) is 3.26. The van der Waals surface area contributed by atoms with Gasteiger partial charge in [0.1, 0.15) is 0 Å². The van der Waals surface area contributed by atoms with Crippen molar-refractivity contribution in [3.63, 3.8) is 0 Å². The first kappa shape index (κ1) is 14.1. The number of hydrogen-bond acceptors (Lipinski definition) is 5. The maximum absolute atomic E-state index is 12.2. The number of anilines is 2. The lowest BCUT2D eigenvalue weighted by Gasteiger charge is -2.36. The van der Waals surface area contributed by atoms with Crippen LogP contribution in [-0.2, 0) is 4.79 Å². The summed E-state index contributed by atoms with van der Waals surface area (Å²) in [5, 5.41) is 0. The number of aromatic nitrogens is 1. The van der Waals surface area contributed by atoms with E-state index in [9.17, 15) is 4.79 Å². The molecule has 0 atom stereocenters. The summed E-state index contributed by atoms with van der Waals surface area (Å²) in [5.74, 6) is 0.282. The Kier molecular flexibility index (Phi) is 4.24. The summed E-state index contributed by atoms with van der Waals surface area (Å²) >= 11 is 0. The van der Waals surface area contributed by atoms with Crippen molar-refractivity contribution < 1.29 is 4.79 Å². The molecule has 114 valence electrons. The summed E-state index contributed by atoms with van der Waals surface area (Å²) in [7, 11) is 0. The quantitative estimate of drug-likeness (QED) is 0.873. The lowest BCUT2D eigenvalue weighted by molar-refractivity contribution is -0.131. The minimum Gasteiger partial charge on any atom is -0.396 e. The van der Waals surface area contributed by atoms with E-state index >= 15 is 0 Å². The van der Waals surface area contributed by atoms with Crippen LogP contribution in [0.1, 0.15) is 12.8 Å². The minimum absolute atomic E-state index is 0.282. The number of amides is 1. The fourth-order valence-corrected chi connectivity index (χ4v) is 3.09. The molecule has 3 heterocycles. The molecular weight excluding hydrogens is 266 g/mol. The number of rotatable bonds is 3. The molecule has 2 aliphatic heterocycles. The first-order chi connectivity index (χ1) is 10.2. The van der Waals surface area contributed by atoms with E-state index in [0.717, 1.165) is 63.5 Å². The third-order valence-electron chi connectivity index (χ3n) is 4.36. The van der Waals surface area contributed by atoms with Crippen LogP contribution in [0, 0.1) is 0 Å². The average Bonchev–Trinajstić information content (AvgIpc) is 3.03. The van der Waals surface area contributed by atoms with Crippen LogP contribution in [0.2, 0.25) is 0 Å². The summed E-state index contributed by atoms with van der Waals surface area (Å²) in [4.78, 5) is 22.7. The standard InChI is InChI=1S/C15H23N5O/c16-13-11-17-4-3-14(13)19-9-7-18(8-10-19)12-15(21)20-5-1-2-6-20/h3-4,11H,1-2,5-10,12,16H2. The van der Waals surface area contributed by atoms with Gasteiger partial charge in [-0.05, 0) is 18.9 Å². The zero-order valence-electron chi connectivity index (χ0n) is 12.4. The highest BCUT2D eigenvalue weighted by Crippen LogP contribution is 2.22. The van der Waals surface area contributed by atoms with Crippen LogP contribution in [0.4, 0.5) is 11.4 Å². The molecule has 6 nitrogen and oxygen atoms in total. The van der Waals surface area contributed by atoms with Gasteiger partial charge in [-0.3, -0.25) is 14.7 Å². The lowest BCUT2D eigenvalue weighted by Crippen LogP contribution is -2.50. The highest BCUT2D eigenvalue weighted by atomic mass is 16.2. The molecule has 0 spiro atoms. The molecule has 2 saturated heterocycles. The summed E-state index contributed by atoms with van der Waals surface area (Å²) in [6.07, 6.45) is 5.77. The van der Waals surface area contributed by atoms with E-state index in [1.807, 2.05) is 11.0 Å². The highest BCUT2D eigenvalue weighted by molar-refractivity contribution is 5.78. The van der Waals surface area contributed by atoms with Crippen molar-refractivity contribution in [2.45, 2.75) is 12.8 Å². The molecule has 0 saturated carbocycles. The Morgan fingerprint density at radius 1 is 1.14 bits per heavy atom. The average molecular weight is 289 g/mol. The molecule has 0 aromatic carbocycles. The number of hydrogen-bond donors (Lipinski definition) is 1. The molecule has 3 rings (SSSR count). The van der Waals surface area contributed by atoms with E-state index in [4.69, 9.17) is 5.73 Å². The zero-order chi connectivity index (χ0) is 14.7. The van der Waals surface area contributed by atoms with Gasteiger partial charge in [-0.2, -0.15) is 0 Å². The molecule has 2 fully saturated rings. The predicted octanol–water partition coefficient (Wildman–Crippen LogP) is 0.408. The molecule has 0 radical (unpaired) electrons. The second kappa shape index (κ2) is 6.30. The van der Waals surface area contributed by atoms with Gasteiger partial charge >= 0.3 is 0 Å². The van der Waals surface area contributed by atoms with Crippen LogP contribution in [0.3, 0.4) is 0 Å². The maximum atomic E-state index is 12.2. The van der Waals surface area contributed by atoms with E-state index in [2.05, 4.69) is 14.8 Å². The Morgan fingerprint density at radius 3 is 2.52 bits per heavy atom. The van der Waals surface area contributed by atoms with Crippen LogP contribution in [0.25, 0.3) is 0 Å². The Morgan fingerprint density at radius 2 is 1.86 bits per heavy atom. The molecule has 1 amide bonds. The van der Waals surface area contributed by atoms with Crippen molar-refractivity contribution >= 4 is 17.3 Å². The van der Waals surface area contributed by atoms with Crippen molar-refractivity contribution in [2.75, 3.05) is 56.4 Å². The normalized spacial score (nSPS) is 20.0. The Labute approximate surface area is 125 Å². The molecule has 0 bridgehead atoms. The SMILES string of the molecule is Nc1cnccc1N1CCN(CC(=O)N2CCCC2)CC1. The molecule has 0 aliphatic carbocycles. The number of nitrogens with zero attached hydrogens (tertiary/aromatic N) is 4. The summed E-state index contributed by atoms with van der Waals surface area (Å²) in [6.45, 7) is 6.05. The fraction of sp³-hybridized carbons (Fsp3) is 0.600. The largest absolute Gasteiger partial charge is 0.396 e. The van der Waals surface area contributed by atoms with Gasteiger partial charge in [0.2, 0.25) is 5.91 Å². The second-order valence-electron chi connectivity index (χ2n) is 5.79. The molecule has 1 aromatic heterocycles. The number of piperazine rings is 1. The van der Waals surface area contributed by atoms with Crippen LogP contribution in [0.15, 0.2) is 18.5 Å². The van der Waals surface area contributed by atoms with E-state index in [1.165, 1.54) is 0 Å². The van der Waals surface area contributed by atoms with Crippen molar-refractivity contribution in [1.82, 2.24) is 14.8 Å². The Bertz CT molecular complexity index is 493. The van der Waals surface area contributed by atoms with Crippen molar-refractivity contribution in [3.8, 4) is 0 Å². The van der Waals surface area contributed by atoms with Gasteiger partial charge in [0.05, 0.1) is 24.1 Å². The van der Waals surface area contributed by atoms with Crippen LogP contribution in [-0.4, -0.2) is 66.5 Å². The van der Waals surface area contributed by atoms with Crippen molar-refractivity contribution in [2.24, 2.45) is 0 Å². The summed E-state index contributed by atoms with van der Waals surface area (Å²) in [6, 6.07) is 1.96. The van der Waals surface area contributed by atoms with Gasteiger partial charge < -0.3 is 15.5 Å². The lowest BCUT2D eigenvalue weighted by atomic mass is 10.2. The topological polar surface area (TPSA) is 65.7 Å². The van der Waals surface area contributed by atoms with Crippen molar-refractivity contribution in [1.29, 1.82) is 0 Å². The van der Waals surface area contributed by atoms with Gasteiger partial charge in [0.25, 0.3) is 0 Å². The Hall–Kier alpha value is -1.82. The van der Waals surface area contributed by atoms with Gasteiger partial charge in [0, 0.05) is 45.5 Å². The second-order valence-corrected chi connectivity index (χ2v) is 5.79. The van der Waals surface area contributed by atoms with Gasteiger partial charge in [-0.15, -0.1) is 0 Å². The number of nitrogens with two attached hydrogens (primary N) is 1. The highest BCUT2D eigenvalue weighted by Gasteiger charge is 2.23. The molecule has 21 heavy (non-hydrogen) atoms. The zero-order valence-corrected chi connectivity index (χ0v) is 12.4. The monoisotopic (exact) mass is 289 g/mol. The van der Waals surface area contributed by atoms with E-state index in [-0.39, 0.29) is 5.91 Å². The van der Waals surface area contributed by atoms with Gasteiger partial charge in [0.15, 0.2) is 0 Å². The van der Waals surface area contributed by atoms with Crippen LogP contribution >= 0.6 is 0 Å². The van der Waals surface area contributed by atoms with Crippen molar-refractivity contribution in [3.05, 3.63) is 18.5 Å². The fourth-order valence-electron chi connectivity index (χ4n) is 3.09. The van der Waals surface area contributed by atoms with Crippen LogP contribution < -0.4 is 10.6 Å². The Balaban J connectivity index is 1.51. The van der Waals surface area contributed by atoms with Gasteiger partial charge in [-0.1, -0.05) is 0 Å². The van der Waals surface area contributed by atoms with E-state index in [1.54, 1.807) is 12.4 Å². The molecule has 2 aliphatic rings. The van der Waals surface area contributed by atoms with E-state index < -0.39 is 0 Å². The molecular formula is C15H23N5O. The third-order valence-corrected chi connectivity index (χ3v) is 4.36. The van der Waals surface area contributed by atoms with Gasteiger partial charge in [-0.25, -0.2) is 0 Å². The number of likely N-dealkylation sites (tertiary alicyclic amines) is 1. The maximum Gasteiger partial charge on any atom is 0.236 e. The number of carbonyl (C=O) groups excluding carboxylic acids is 1. The number of carbonyl (C=O) groups is 1. The first-order valence-electron chi connectivity index (χ1n) is 7.68. The molecule has 0 unspecified atom stereocenters. The van der Waals surface area contributed by atoms with Crippen LogP contribution in [0.5, 0.6) is 0 Å². The first-order valence-corrected chi connectivity index (χ1v) is 7.68.